The van der Waals surface area contributed by atoms with Crippen molar-refractivity contribution in [3.8, 4) is 0 Å². The van der Waals surface area contributed by atoms with Gasteiger partial charge in [0.15, 0.2) is 0 Å². The molecule has 78 valence electrons. The van der Waals surface area contributed by atoms with Crippen molar-refractivity contribution in [1.29, 1.82) is 0 Å². The number of hydrogen-bond donors (Lipinski definition) is 2. The number of piperidine rings is 1. The van der Waals surface area contributed by atoms with Crippen LogP contribution in [0.2, 0.25) is 0 Å². The topological polar surface area (TPSA) is 61.4 Å². The Morgan fingerprint density at radius 1 is 1.36 bits per heavy atom. The van der Waals surface area contributed by atoms with Crippen LogP contribution in [0.3, 0.4) is 0 Å². The Bertz CT molecular complexity index is 248. The second kappa shape index (κ2) is 3.96. The smallest absolute Gasteiger partial charge is 0.242 e. The highest BCUT2D eigenvalue weighted by atomic mass is 16.2. The fraction of sp³-hybridized carbons (Fsp3) is 0.778. The molecule has 2 amide bonds. The number of hydrogen-bond acceptors (Lipinski definition) is 3. The van der Waals surface area contributed by atoms with Gasteiger partial charge in [0.05, 0.1) is 13.1 Å². The number of carbonyl (C=O) groups is 2. The van der Waals surface area contributed by atoms with Gasteiger partial charge in [-0.05, 0) is 19.4 Å². The van der Waals surface area contributed by atoms with E-state index in [2.05, 4.69) is 10.6 Å². The molecule has 0 spiro atoms. The Morgan fingerprint density at radius 3 is 2.93 bits per heavy atom. The van der Waals surface area contributed by atoms with Crippen LogP contribution in [-0.4, -0.2) is 48.9 Å². The van der Waals surface area contributed by atoms with Gasteiger partial charge in [-0.1, -0.05) is 0 Å². The van der Waals surface area contributed by atoms with E-state index >= 15 is 0 Å². The Labute approximate surface area is 82.8 Å². The molecule has 2 aliphatic rings. The van der Waals surface area contributed by atoms with Gasteiger partial charge in [0.25, 0.3) is 0 Å². The third-order valence-electron chi connectivity index (χ3n) is 2.78. The molecule has 1 atom stereocenters. The minimum atomic E-state index is -0.0461. The molecule has 2 rings (SSSR count). The van der Waals surface area contributed by atoms with Gasteiger partial charge in [0.2, 0.25) is 11.8 Å². The monoisotopic (exact) mass is 197 g/mol. The van der Waals surface area contributed by atoms with E-state index in [1.165, 1.54) is 0 Å². The van der Waals surface area contributed by atoms with Crippen LogP contribution in [0.25, 0.3) is 0 Å². The predicted molar refractivity (Wildman–Crippen MR) is 50.6 cm³/mol. The zero-order chi connectivity index (χ0) is 9.97. The Balaban J connectivity index is 1.99. The quantitative estimate of drug-likeness (QED) is 0.549. The molecule has 14 heavy (non-hydrogen) atoms. The van der Waals surface area contributed by atoms with E-state index in [-0.39, 0.29) is 30.9 Å². The van der Waals surface area contributed by atoms with Gasteiger partial charge in [0, 0.05) is 12.6 Å². The first-order valence-electron chi connectivity index (χ1n) is 5.04. The van der Waals surface area contributed by atoms with E-state index in [1.807, 2.05) is 0 Å². The van der Waals surface area contributed by atoms with Crippen LogP contribution in [-0.2, 0) is 9.59 Å². The first-order chi connectivity index (χ1) is 6.77. The Morgan fingerprint density at radius 2 is 2.21 bits per heavy atom. The van der Waals surface area contributed by atoms with Crippen molar-refractivity contribution in [3.05, 3.63) is 0 Å². The molecule has 0 saturated carbocycles. The number of carbonyl (C=O) groups excluding carboxylic acids is 2. The predicted octanol–water partition coefficient (Wildman–Crippen LogP) is -1.30. The van der Waals surface area contributed by atoms with E-state index in [0.29, 0.717) is 0 Å². The van der Waals surface area contributed by atoms with Gasteiger partial charge < -0.3 is 15.5 Å². The summed E-state index contributed by atoms with van der Waals surface area (Å²) in [6.07, 6.45) is 2.09. The SMILES string of the molecule is O=C1CN(C2CCCNC2)C(=O)CN1. The lowest BCUT2D eigenvalue weighted by molar-refractivity contribution is -0.143. The minimum Gasteiger partial charge on any atom is -0.345 e. The summed E-state index contributed by atoms with van der Waals surface area (Å²) in [6.45, 7) is 2.23. The average Bonchev–Trinajstić information content (AvgIpc) is 2.23. The van der Waals surface area contributed by atoms with Crippen molar-refractivity contribution in [1.82, 2.24) is 15.5 Å². The maximum atomic E-state index is 11.5. The summed E-state index contributed by atoms with van der Waals surface area (Å²) in [6, 6.07) is 0.210. The van der Waals surface area contributed by atoms with E-state index < -0.39 is 0 Å². The summed E-state index contributed by atoms with van der Waals surface area (Å²) in [5.74, 6) is -0.00604. The van der Waals surface area contributed by atoms with E-state index in [4.69, 9.17) is 0 Å². The maximum absolute atomic E-state index is 11.5. The Kier molecular flexibility index (Phi) is 2.67. The van der Waals surface area contributed by atoms with Crippen LogP contribution in [0.4, 0.5) is 0 Å². The van der Waals surface area contributed by atoms with Crippen molar-refractivity contribution >= 4 is 11.8 Å². The molecule has 0 aromatic heterocycles. The number of rotatable bonds is 1. The van der Waals surface area contributed by atoms with E-state index in [9.17, 15) is 9.59 Å². The molecule has 2 aliphatic heterocycles. The molecule has 2 fully saturated rings. The van der Waals surface area contributed by atoms with Crippen molar-refractivity contribution in [2.24, 2.45) is 0 Å². The zero-order valence-corrected chi connectivity index (χ0v) is 8.08. The van der Waals surface area contributed by atoms with Crippen LogP contribution in [0, 0.1) is 0 Å². The zero-order valence-electron chi connectivity index (χ0n) is 8.08. The van der Waals surface area contributed by atoms with Crippen LogP contribution in [0.15, 0.2) is 0 Å². The third kappa shape index (κ3) is 1.87. The fourth-order valence-corrected chi connectivity index (χ4v) is 2.01. The lowest BCUT2D eigenvalue weighted by Crippen LogP contribution is -2.58. The highest BCUT2D eigenvalue weighted by molar-refractivity contribution is 5.92. The summed E-state index contributed by atoms with van der Waals surface area (Å²) in [5, 5.41) is 5.79. The van der Waals surface area contributed by atoms with Gasteiger partial charge in [0.1, 0.15) is 0 Å². The average molecular weight is 197 g/mol. The number of nitrogens with one attached hydrogen (secondary N) is 2. The third-order valence-corrected chi connectivity index (χ3v) is 2.78. The summed E-state index contributed by atoms with van der Waals surface area (Å²) in [4.78, 5) is 24.4. The van der Waals surface area contributed by atoms with Crippen molar-refractivity contribution in [3.63, 3.8) is 0 Å². The molecule has 2 saturated heterocycles. The van der Waals surface area contributed by atoms with Crippen LogP contribution >= 0.6 is 0 Å². The second-order valence-corrected chi connectivity index (χ2v) is 3.80. The van der Waals surface area contributed by atoms with E-state index in [1.54, 1.807) is 4.90 Å². The van der Waals surface area contributed by atoms with Gasteiger partial charge in [-0.25, -0.2) is 0 Å². The number of amides is 2. The largest absolute Gasteiger partial charge is 0.345 e. The van der Waals surface area contributed by atoms with Crippen LogP contribution in [0.1, 0.15) is 12.8 Å². The molecule has 0 bridgehead atoms. The van der Waals surface area contributed by atoms with Crippen molar-refractivity contribution in [2.75, 3.05) is 26.2 Å². The molecule has 2 heterocycles. The lowest BCUT2D eigenvalue weighted by Gasteiger charge is -2.36. The van der Waals surface area contributed by atoms with Gasteiger partial charge in [-0.3, -0.25) is 9.59 Å². The van der Waals surface area contributed by atoms with Crippen LogP contribution < -0.4 is 10.6 Å². The summed E-state index contributed by atoms with van der Waals surface area (Å²) in [7, 11) is 0. The van der Waals surface area contributed by atoms with E-state index in [0.717, 1.165) is 25.9 Å². The molecule has 1 unspecified atom stereocenters. The summed E-state index contributed by atoms with van der Waals surface area (Å²) >= 11 is 0. The van der Waals surface area contributed by atoms with Gasteiger partial charge >= 0.3 is 0 Å². The lowest BCUT2D eigenvalue weighted by atomic mass is 10.1. The standard InChI is InChI=1S/C9H15N3O2/c13-8-6-12(9(14)5-11-8)7-2-1-3-10-4-7/h7,10H,1-6H2,(H,11,13). The molecule has 2 N–H and O–H groups in total. The molecule has 0 aromatic carbocycles. The Hall–Kier alpha value is -1.10. The maximum Gasteiger partial charge on any atom is 0.242 e. The summed E-state index contributed by atoms with van der Waals surface area (Å²) < 4.78 is 0. The minimum absolute atomic E-state index is 0.0401. The fourth-order valence-electron chi connectivity index (χ4n) is 2.01. The number of piperazine rings is 1. The second-order valence-electron chi connectivity index (χ2n) is 3.80. The molecule has 5 nitrogen and oxygen atoms in total. The first-order valence-corrected chi connectivity index (χ1v) is 5.04. The van der Waals surface area contributed by atoms with Gasteiger partial charge in [-0.15, -0.1) is 0 Å². The highest BCUT2D eigenvalue weighted by Gasteiger charge is 2.30. The highest BCUT2D eigenvalue weighted by Crippen LogP contribution is 2.11. The first kappa shape index (κ1) is 9.45. The molecular formula is C9H15N3O2. The normalized spacial score (nSPS) is 28.9. The molecular weight excluding hydrogens is 182 g/mol. The van der Waals surface area contributed by atoms with Crippen molar-refractivity contribution < 1.29 is 9.59 Å². The molecule has 0 aromatic rings. The molecule has 0 radical (unpaired) electrons. The van der Waals surface area contributed by atoms with Crippen molar-refractivity contribution in [2.45, 2.75) is 18.9 Å². The van der Waals surface area contributed by atoms with Crippen LogP contribution in [0.5, 0.6) is 0 Å². The molecule has 0 aliphatic carbocycles. The number of nitrogens with zero attached hydrogens (tertiary/aromatic N) is 1. The molecule has 5 heteroatoms. The van der Waals surface area contributed by atoms with Gasteiger partial charge in [-0.2, -0.15) is 0 Å². The summed E-state index contributed by atoms with van der Waals surface area (Å²) in [5.41, 5.74) is 0.